The molecule has 3 saturated heterocycles. The van der Waals surface area contributed by atoms with Gasteiger partial charge in [0.25, 0.3) is 0 Å². The summed E-state index contributed by atoms with van der Waals surface area (Å²) < 4.78 is 6.48. The molecule has 1 aromatic rings. The number of carbonyl (C=O) groups is 3. The standard InChI is InChI=1S/C26H36BrN3O5/c1-14(2)10-17(13-31)30-22(24(33)29-15(3)4)26-11-18(27)21(35-26)19(20(26)25(30)34)23(32)28-12-16-8-6-5-7-9-16/h5-9,14-15,17-22,31H,10-13H2,1-4H3,(H,28,32)(H,29,33)/t17-,18?,19+,20+,21+,22?,26?/m1/s1. The quantitative estimate of drug-likeness (QED) is 0.408. The van der Waals surface area contributed by atoms with E-state index >= 15 is 0 Å². The summed E-state index contributed by atoms with van der Waals surface area (Å²) >= 11 is 3.68. The van der Waals surface area contributed by atoms with Gasteiger partial charge in [0.05, 0.1) is 30.6 Å². The highest BCUT2D eigenvalue weighted by Gasteiger charge is 2.77. The highest BCUT2D eigenvalue weighted by Crippen LogP contribution is 2.60. The van der Waals surface area contributed by atoms with E-state index in [1.165, 1.54) is 4.90 Å². The summed E-state index contributed by atoms with van der Waals surface area (Å²) in [6.45, 7) is 7.85. The van der Waals surface area contributed by atoms with Crippen LogP contribution in [0.5, 0.6) is 0 Å². The number of aliphatic hydroxyl groups excluding tert-OH is 1. The van der Waals surface area contributed by atoms with E-state index in [2.05, 4.69) is 26.6 Å². The number of rotatable bonds is 9. The minimum Gasteiger partial charge on any atom is -0.394 e. The zero-order chi connectivity index (χ0) is 25.5. The third kappa shape index (κ3) is 4.62. The molecule has 3 fully saturated rings. The van der Waals surface area contributed by atoms with E-state index in [1.807, 2.05) is 58.0 Å². The van der Waals surface area contributed by atoms with Gasteiger partial charge >= 0.3 is 0 Å². The number of alkyl halides is 1. The molecule has 7 atom stereocenters. The topological polar surface area (TPSA) is 108 Å². The number of aliphatic hydroxyl groups is 1. The van der Waals surface area contributed by atoms with Crippen LogP contribution in [0, 0.1) is 17.8 Å². The van der Waals surface area contributed by atoms with Crippen molar-refractivity contribution in [3.05, 3.63) is 35.9 Å². The number of hydrogen-bond donors (Lipinski definition) is 3. The van der Waals surface area contributed by atoms with Crippen LogP contribution in [0.1, 0.15) is 46.1 Å². The molecule has 192 valence electrons. The van der Waals surface area contributed by atoms with Gasteiger partial charge in [0.15, 0.2) is 0 Å². The molecule has 0 aromatic heterocycles. The third-order valence-corrected chi connectivity index (χ3v) is 8.21. The Morgan fingerprint density at radius 2 is 1.89 bits per heavy atom. The van der Waals surface area contributed by atoms with Gasteiger partial charge in [-0.2, -0.15) is 0 Å². The van der Waals surface area contributed by atoms with Crippen molar-refractivity contribution in [3.8, 4) is 0 Å². The maximum atomic E-state index is 14.0. The maximum Gasteiger partial charge on any atom is 0.246 e. The van der Waals surface area contributed by atoms with Gasteiger partial charge < -0.3 is 25.4 Å². The first kappa shape index (κ1) is 26.1. The predicted molar refractivity (Wildman–Crippen MR) is 134 cm³/mol. The third-order valence-electron chi connectivity index (χ3n) is 7.37. The summed E-state index contributed by atoms with van der Waals surface area (Å²) in [6.07, 6.45) is 0.486. The lowest BCUT2D eigenvalue weighted by molar-refractivity contribution is -0.146. The van der Waals surface area contributed by atoms with E-state index in [-0.39, 0.29) is 41.1 Å². The monoisotopic (exact) mass is 549 g/mol. The van der Waals surface area contributed by atoms with E-state index in [0.717, 1.165) is 5.56 Å². The van der Waals surface area contributed by atoms with Crippen molar-refractivity contribution in [1.29, 1.82) is 0 Å². The average Bonchev–Trinajstić information content (AvgIpc) is 3.39. The molecular weight excluding hydrogens is 514 g/mol. The molecule has 4 rings (SSSR count). The number of nitrogens with one attached hydrogen (secondary N) is 2. The first-order valence-electron chi connectivity index (χ1n) is 12.5. The molecule has 0 radical (unpaired) electrons. The number of hydrogen-bond acceptors (Lipinski definition) is 5. The van der Waals surface area contributed by atoms with Crippen molar-refractivity contribution in [3.63, 3.8) is 0 Å². The second-order valence-electron chi connectivity index (χ2n) is 10.7. The van der Waals surface area contributed by atoms with Crippen LogP contribution in [0.2, 0.25) is 0 Å². The van der Waals surface area contributed by atoms with Crippen molar-refractivity contribution in [1.82, 2.24) is 15.5 Å². The van der Waals surface area contributed by atoms with Crippen LogP contribution in [0.25, 0.3) is 0 Å². The zero-order valence-corrected chi connectivity index (χ0v) is 22.3. The molecule has 2 bridgehead atoms. The Hall–Kier alpha value is -1.97. The number of halogens is 1. The van der Waals surface area contributed by atoms with Gasteiger partial charge in [-0.1, -0.05) is 60.1 Å². The summed E-state index contributed by atoms with van der Waals surface area (Å²) in [6, 6.07) is 8.02. The van der Waals surface area contributed by atoms with Crippen molar-refractivity contribution in [2.75, 3.05) is 6.61 Å². The first-order chi connectivity index (χ1) is 16.6. The number of ether oxygens (including phenoxy) is 1. The number of likely N-dealkylation sites (tertiary alicyclic amines) is 1. The molecule has 3 heterocycles. The van der Waals surface area contributed by atoms with Gasteiger partial charge in [0.2, 0.25) is 17.7 Å². The van der Waals surface area contributed by atoms with Crippen LogP contribution in [0.3, 0.4) is 0 Å². The molecule has 3 aliphatic heterocycles. The van der Waals surface area contributed by atoms with E-state index in [1.54, 1.807) is 0 Å². The fourth-order valence-electron chi connectivity index (χ4n) is 6.15. The highest BCUT2D eigenvalue weighted by atomic mass is 79.9. The first-order valence-corrected chi connectivity index (χ1v) is 13.4. The summed E-state index contributed by atoms with van der Waals surface area (Å²) in [5, 5.41) is 16.2. The van der Waals surface area contributed by atoms with Gasteiger partial charge in [-0.05, 0) is 38.2 Å². The second kappa shape index (κ2) is 10.2. The number of benzene rings is 1. The van der Waals surface area contributed by atoms with Crippen molar-refractivity contribution < 1.29 is 24.2 Å². The lowest BCUT2D eigenvalue weighted by Crippen LogP contribution is -2.59. The van der Waals surface area contributed by atoms with Crippen molar-refractivity contribution in [2.24, 2.45) is 17.8 Å². The van der Waals surface area contributed by atoms with Gasteiger partial charge in [-0.25, -0.2) is 0 Å². The molecule has 3 unspecified atom stereocenters. The number of nitrogens with zero attached hydrogens (tertiary/aromatic N) is 1. The maximum absolute atomic E-state index is 14.0. The summed E-state index contributed by atoms with van der Waals surface area (Å²) in [5.74, 6) is -2.13. The van der Waals surface area contributed by atoms with Crippen LogP contribution >= 0.6 is 15.9 Å². The summed E-state index contributed by atoms with van der Waals surface area (Å²) in [5.41, 5.74) is -0.158. The lowest BCUT2D eigenvalue weighted by atomic mass is 9.70. The van der Waals surface area contributed by atoms with Crippen LogP contribution < -0.4 is 10.6 Å². The minimum atomic E-state index is -1.12. The van der Waals surface area contributed by atoms with Gasteiger partial charge in [-0.15, -0.1) is 0 Å². The molecule has 1 aromatic carbocycles. The van der Waals surface area contributed by atoms with Gasteiger partial charge in [-0.3, -0.25) is 14.4 Å². The molecule has 3 aliphatic rings. The Balaban J connectivity index is 1.69. The predicted octanol–water partition coefficient (Wildman–Crippen LogP) is 1.98. The Morgan fingerprint density at radius 1 is 1.20 bits per heavy atom. The minimum absolute atomic E-state index is 0.129. The summed E-state index contributed by atoms with van der Waals surface area (Å²) in [7, 11) is 0. The van der Waals surface area contributed by atoms with Crippen LogP contribution in [0.15, 0.2) is 30.3 Å². The van der Waals surface area contributed by atoms with Gasteiger partial charge in [0.1, 0.15) is 11.6 Å². The van der Waals surface area contributed by atoms with Crippen LogP contribution in [-0.2, 0) is 25.7 Å². The number of amides is 3. The van der Waals surface area contributed by atoms with E-state index < -0.39 is 35.6 Å². The fraction of sp³-hybridized carbons (Fsp3) is 0.654. The molecule has 3 amide bonds. The van der Waals surface area contributed by atoms with E-state index in [9.17, 15) is 19.5 Å². The average molecular weight is 550 g/mol. The molecule has 0 aliphatic carbocycles. The molecule has 1 spiro atoms. The SMILES string of the molecule is CC(C)C[C@H](CO)N1C(=O)[C@@H]2[C@H](C(=O)NCc3ccccc3)[C@H]3OC2(CC3Br)C1C(=O)NC(C)C. The van der Waals surface area contributed by atoms with Crippen molar-refractivity contribution in [2.45, 2.75) is 81.7 Å². The largest absolute Gasteiger partial charge is 0.394 e. The van der Waals surface area contributed by atoms with E-state index in [0.29, 0.717) is 19.4 Å². The fourth-order valence-corrected chi connectivity index (χ4v) is 7.09. The van der Waals surface area contributed by atoms with Crippen LogP contribution in [0.4, 0.5) is 0 Å². The Bertz CT molecular complexity index is 958. The van der Waals surface area contributed by atoms with E-state index in [4.69, 9.17) is 4.74 Å². The zero-order valence-electron chi connectivity index (χ0n) is 20.7. The number of carbonyl (C=O) groups excluding carboxylic acids is 3. The lowest BCUT2D eigenvalue weighted by Gasteiger charge is -2.37. The highest BCUT2D eigenvalue weighted by molar-refractivity contribution is 9.09. The molecular formula is C26H36BrN3O5. The molecule has 3 N–H and O–H groups in total. The van der Waals surface area contributed by atoms with Crippen LogP contribution in [-0.4, -0.2) is 69.0 Å². The molecule has 8 nitrogen and oxygen atoms in total. The summed E-state index contributed by atoms with van der Waals surface area (Å²) in [4.78, 5) is 42.4. The molecule has 35 heavy (non-hydrogen) atoms. The molecule has 0 saturated carbocycles. The van der Waals surface area contributed by atoms with Gasteiger partial charge in [0, 0.05) is 17.4 Å². The molecule has 9 heteroatoms. The smallest absolute Gasteiger partial charge is 0.246 e. The second-order valence-corrected chi connectivity index (χ2v) is 11.9. The Kier molecular flexibility index (Phi) is 7.60. The normalized spacial score (nSPS) is 32.3. The Labute approximate surface area is 215 Å². The Morgan fingerprint density at radius 3 is 2.49 bits per heavy atom. The van der Waals surface area contributed by atoms with Crippen molar-refractivity contribution >= 4 is 33.7 Å². The number of fused-ring (bicyclic) bond motifs is 1.